The van der Waals surface area contributed by atoms with E-state index in [0.717, 1.165) is 5.56 Å². The second-order valence-corrected chi connectivity index (χ2v) is 8.98. The van der Waals surface area contributed by atoms with Crippen LogP contribution in [0.4, 0.5) is 21.5 Å². The number of nitrogens with one attached hydrogen (secondary N) is 3. The smallest absolute Gasteiger partial charge is 0.258 e. The molecule has 4 rings (SSSR count). The molecule has 0 bridgehead atoms. The lowest BCUT2D eigenvalue weighted by atomic mass is 9.99. The summed E-state index contributed by atoms with van der Waals surface area (Å²) in [6, 6.07) is 20.0. The largest absolute Gasteiger partial charge is 0.354 e. The Balaban J connectivity index is 1.86. The second-order valence-electron chi connectivity index (χ2n) is 6.97. The monoisotopic (exact) mass is 437 g/mol. The van der Waals surface area contributed by atoms with Gasteiger partial charge in [-0.25, -0.2) is 12.8 Å². The summed E-state index contributed by atoms with van der Waals surface area (Å²) in [6.07, 6.45) is 0. The molecule has 1 aliphatic rings. The SMILES string of the molecule is CCS(=O)(=O)Nc1ccc2c(c1)C(=C(Nc1ccc(F)cc1)c1ccccc1)C(=O)N2. The number of anilines is 3. The molecule has 6 nitrogen and oxygen atoms in total. The van der Waals surface area contributed by atoms with E-state index in [1.54, 1.807) is 37.3 Å². The van der Waals surface area contributed by atoms with Gasteiger partial charge >= 0.3 is 0 Å². The fraction of sp³-hybridized carbons (Fsp3) is 0.0870. The Kier molecular flexibility index (Phi) is 5.48. The molecule has 0 aromatic heterocycles. The fourth-order valence-electron chi connectivity index (χ4n) is 3.29. The van der Waals surface area contributed by atoms with Crippen molar-refractivity contribution in [2.75, 3.05) is 21.1 Å². The van der Waals surface area contributed by atoms with Gasteiger partial charge in [0.1, 0.15) is 5.82 Å². The van der Waals surface area contributed by atoms with Crippen LogP contribution in [0.2, 0.25) is 0 Å². The van der Waals surface area contributed by atoms with Crippen molar-refractivity contribution >= 4 is 44.3 Å². The highest BCUT2D eigenvalue weighted by Crippen LogP contribution is 2.39. The van der Waals surface area contributed by atoms with E-state index in [2.05, 4.69) is 15.4 Å². The van der Waals surface area contributed by atoms with Crippen LogP contribution in [0, 0.1) is 5.82 Å². The summed E-state index contributed by atoms with van der Waals surface area (Å²) in [5.41, 5.74) is 3.76. The maximum absolute atomic E-state index is 13.4. The van der Waals surface area contributed by atoms with Crippen LogP contribution in [0.25, 0.3) is 11.3 Å². The van der Waals surface area contributed by atoms with Gasteiger partial charge in [0, 0.05) is 22.6 Å². The van der Waals surface area contributed by atoms with Crippen molar-refractivity contribution in [2.24, 2.45) is 0 Å². The predicted octanol–water partition coefficient (Wildman–Crippen LogP) is 4.52. The molecule has 3 aromatic carbocycles. The van der Waals surface area contributed by atoms with Crippen LogP contribution in [0.3, 0.4) is 0 Å². The number of fused-ring (bicyclic) bond motifs is 1. The second kappa shape index (κ2) is 8.23. The minimum absolute atomic E-state index is 0.0641. The number of benzene rings is 3. The van der Waals surface area contributed by atoms with Gasteiger partial charge in [0.05, 0.1) is 17.0 Å². The van der Waals surface area contributed by atoms with Crippen LogP contribution in [-0.4, -0.2) is 20.1 Å². The molecule has 0 saturated heterocycles. The summed E-state index contributed by atoms with van der Waals surface area (Å²) < 4.78 is 39.9. The zero-order valence-electron chi connectivity index (χ0n) is 16.6. The number of amides is 1. The van der Waals surface area contributed by atoms with Gasteiger partial charge in [0.2, 0.25) is 10.0 Å². The van der Waals surface area contributed by atoms with Gasteiger partial charge in [0.15, 0.2) is 0 Å². The number of hydrogen-bond acceptors (Lipinski definition) is 4. The van der Waals surface area contributed by atoms with Crippen molar-refractivity contribution in [3.05, 3.63) is 89.7 Å². The molecule has 3 N–H and O–H groups in total. The van der Waals surface area contributed by atoms with Crippen LogP contribution in [0.5, 0.6) is 0 Å². The highest BCUT2D eigenvalue weighted by Gasteiger charge is 2.29. The third-order valence-corrected chi connectivity index (χ3v) is 6.15. The summed E-state index contributed by atoms with van der Waals surface area (Å²) >= 11 is 0. The Hall–Kier alpha value is -3.65. The van der Waals surface area contributed by atoms with Crippen LogP contribution >= 0.6 is 0 Å². The first-order valence-electron chi connectivity index (χ1n) is 9.65. The van der Waals surface area contributed by atoms with Crippen molar-refractivity contribution < 1.29 is 17.6 Å². The molecule has 158 valence electrons. The molecule has 0 unspecified atom stereocenters. The van der Waals surface area contributed by atoms with Crippen molar-refractivity contribution in [2.45, 2.75) is 6.92 Å². The lowest BCUT2D eigenvalue weighted by Gasteiger charge is -2.15. The van der Waals surface area contributed by atoms with Crippen LogP contribution in [0.1, 0.15) is 18.1 Å². The average Bonchev–Trinajstić information content (AvgIpc) is 3.08. The Morgan fingerprint density at radius 2 is 1.65 bits per heavy atom. The molecule has 1 amide bonds. The van der Waals surface area contributed by atoms with Gasteiger partial charge < -0.3 is 10.6 Å². The van der Waals surface area contributed by atoms with Gasteiger partial charge in [-0.3, -0.25) is 9.52 Å². The number of sulfonamides is 1. The Morgan fingerprint density at radius 3 is 2.32 bits per heavy atom. The first-order valence-corrected chi connectivity index (χ1v) is 11.3. The van der Waals surface area contributed by atoms with Crippen LogP contribution in [0.15, 0.2) is 72.8 Å². The molecule has 0 spiro atoms. The third kappa shape index (κ3) is 4.44. The molecule has 1 heterocycles. The molecular formula is C23H20FN3O3S. The zero-order chi connectivity index (χ0) is 22.0. The van der Waals surface area contributed by atoms with Crippen molar-refractivity contribution in [1.82, 2.24) is 0 Å². The van der Waals surface area contributed by atoms with Gasteiger partial charge in [-0.15, -0.1) is 0 Å². The fourth-order valence-corrected chi connectivity index (χ4v) is 3.92. The molecule has 31 heavy (non-hydrogen) atoms. The number of carbonyl (C=O) groups excluding carboxylic acids is 1. The maximum atomic E-state index is 13.4. The van der Waals surface area contributed by atoms with E-state index in [1.165, 1.54) is 12.1 Å². The first kappa shape index (κ1) is 20.6. The molecule has 0 fully saturated rings. The summed E-state index contributed by atoms with van der Waals surface area (Å²) in [6.45, 7) is 1.55. The molecule has 3 aromatic rings. The normalized spacial score (nSPS) is 14.6. The van der Waals surface area contributed by atoms with Gasteiger partial charge in [0.25, 0.3) is 5.91 Å². The summed E-state index contributed by atoms with van der Waals surface area (Å²) in [4.78, 5) is 12.9. The summed E-state index contributed by atoms with van der Waals surface area (Å²) in [7, 11) is -3.47. The van der Waals surface area contributed by atoms with E-state index in [-0.39, 0.29) is 17.5 Å². The van der Waals surface area contributed by atoms with Crippen LogP contribution < -0.4 is 15.4 Å². The van der Waals surface area contributed by atoms with E-state index >= 15 is 0 Å². The minimum Gasteiger partial charge on any atom is -0.354 e. The molecule has 0 radical (unpaired) electrons. The lowest BCUT2D eigenvalue weighted by molar-refractivity contribution is -0.110. The molecule has 0 aliphatic carbocycles. The number of rotatable bonds is 6. The number of halogens is 1. The van der Waals surface area contributed by atoms with Crippen molar-refractivity contribution in [3.63, 3.8) is 0 Å². The van der Waals surface area contributed by atoms with E-state index in [0.29, 0.717) is 33.9 Å². The minimum atomic E-state index is -3.47. The van der Waals surface area contributed by atoms with E-state index < -0.39 is 10.0 Å². The number of carbonyl (C=O) groups is 1. The molecule has 0 saturated carbocycles. The summed E-state index contributed by atoms with van der Waals surface area (Å²) in [5.74, 6) is -0.749. The molecule has 1 aliphatic heterocycles. The van der Waals surface area contributed by atoms with E-state index in [4.69, 9.17) is 0 Å². The molecular weight excluding hydrogens is 417 g/mol. The first-order chi connectivity index (χ1) is 14.9. The van der Waals surface area contributed by atoms with Gasteiger partial charge in [-0.2, -0.15) is 0 Å². The number of hydrogen-bond donors (Lipinski definition) is 3. The quantitative estimate of drug-likeness (QED) is 0.495. The van der Waals surface area contributed by atoms with E-state index in [9.17, 15) is 17.6 Å². The Labute approximate surface area is 179 Å². The average molecular weight is 437 g/mol. The van der Waals surface area contributed by atoms with Gasteiger partial charge in [-0.1, -0.05) is 30.3 Å². The standard InChI is InChI=1S/C23H20FN3O3S/c1-2-31(29,30)27-18-12-13-20-19(14-18)21(23(28)26-20)22(15-6-4-3-5-7-15)25-17-10-8-16(24)9-11-17/h3-14,25,27H,2H2,1H3,(H,26,28). The Bertz CT molecular complexity index is 1270. The third-order valence-electron chi connectivity index (χ3n) is 4.84. The molecule has 8 heteroatoms. The van der Waals surface area contributed by atoms with Crippen molar-refractivity contribution in [3.8, 4) is 0 Å². The highest BCUT2D eigenvalue weighted by atomic mass is 32.2. The summed E-state index contributed by atoms with van der Waals surface area (Å²) in [5, 5.41) is 6.05. The highest BCUT2D eigenvalue weighted by molar-refractivity contribution is 7.92. The van der Waals surface area contributed by atoms with E-state index in [1.807, 2.05) is 30.3 Å². The lowest BCUT2D eigenvalue weighted by Crippen LogP contribution is -2.14. The Morgan fingerprint density at radius 1 is 0.968 bits per heavy atom. The van der Waals surface area contributed by atoms with Crippen molar-refractivity contribution in [1.29, 1.82) is 0 Å². The molecule has 0 atom stereocenters. The topological polar surface area (TPSA) is 87.3 Å². The zero-order valence-corrected chi connectivity index (χ0v) is 17.5. The van der Waals surface area contributed by atoms with Crippen LogP contribution in [-0.2, 0) is 14.8 Å². The van der Waals surface area contributed by atoms with Gasteiger partial charge in [-0.05, 0) is 55.0 Å². The maximum Gasteiger partial charge on any atom is 0.258 e. The predicted molar refractivity (Wildman–Crippen MR) is 121 cm³/mol.